The zero-order chi connectivity index (χ0) is 23.9. The number of rotatable bonds is 4. The van der Waals surface area contributed by atoms with Gasteiger partial charge >= 0.3 is 6.18 Å². The highest BCUT2D eigenvalue weighted by Gasteiger charge is 2.49. The predicted octanol–water partition coefficient (Wildman–Crippen LogP) is 5.43. The summed E-state index contributed by atoms with van der Waals surface area (Å²) in [6, 6.07) is 7.33. The second-order valence-electron chi connectivity index (χ2n) is 7.57. The van der Waals surface area contributed by atoms with E-state index in [4.69, 9.17) is 4.74 Å². The van der Waals surface area contributed by atoms with Gasteiger partial charge in [0.15, 0.2) is 0 Å². The number of nitrogens with zero attached hydrogens (tertiary/aromatic N) is 2. The van der Waals surface area contributed by atoms with Crippen molar-refractivity contribution in [2.45, 2.75) is 19.1 Å². The number of aliphatic imine (C=N–C) groups is 1. The Balaban J connectivity index is 1.62. The average molecular weight is 463 g/mol. The maximum atomic E-state index is 13.8. The first-order valence-electron chi connectivity index (χ1n) is 9.87. The smallest absolute Gasteiger partial charge is 0.449 e. The maximum absolute atomic E-state index is 13.8. The Hall–Kier alpha value is -3.69. The van der Waals surface area contributed by atoms with Crippen LogP contribution in [0.25, 0.3) is 0 Å². The molecular weight excluding hydrogens is 445 g/mol. The predicted molar refractivity (Wildman–Crippen MR) is 113 cm³/mol. The summed E-state index contributed by atoms with van der Waals surface area (Å²) in [5.74, 6) is -3.53. The lowest BCUT2D eigenvalue weighted by Crippen LogP contribution is -2.46. The number of carbonyl (C=O) groups excluding carboxylic acids is 1. The molecule has 0 aromatic heterocycles. The molecule has 0 fully saturated rings. The van der Waals surface area contributed by atoms with Crippen molar-refractivity contribution in [2.24, 2.45) is 10.9 Å². The Morgan fingerprint density at radius 1 is 1.12 bits per heavy atom. The minimum Gasteiger partial charge on any atom is -0.497 e. The number of hydrogen-bond donors (Lipinski definition) is 1. The molecular formula is C23H18F5N3O2. The van der Waals surface area contributed by atoms with E-state index in [-0.39, 0.29) is 23.0 Å². The van der Waals surface area contributed by atoms with Gasteiger partial charge in [-0.25, -0.2) is 13.8 Å². The molecule has 2 aromatic rings. The number of nitrogens with one attached hydrogen (secondary N) is 1. The van der Waals surface area contributed by atoms with E-state index in [0.29, 0.717) is 5.76 Å². The van der Waals surface area contributed by atoms with Crippen molar-refractivity contribution in [3.05, 3.63) is 83.3 Å². The minimum absolute atomic E-state index is 0.200. The van der Waals surface area contributed by atoms with E-state index in [1.54, 1.807) is 13.0 Å². The second-order valence-corrected chi connectivity index (χ2v) is 7.57. The largest absolute Gasteiger partial charge is 0.497 e. The molecule has 33 heavy (non-hydrogen) atoms. The summed E-state index contributed by atoms with van der Waals surface area (Å²) in [7, 11) is 1.43. The summed E-state index contributed by atoms with van der Waals surface area (Å²) in [6.45, 7) is 1.76. The van der Waals surface area contributed by atoms with E-state index < -0.39 is 41.2 Å². The fraction of sp³-hybridized carbons (Fsp3) is 0.217. The molecule has 0 saturated carbocycles. The van der Waals surface area contributed by atoms with E-state index >= 15 is 0 Å². The standard InChI is InChI=1S/C23H18F5N3O2/c1-12-9-16(33-2)11-19-20(12)31(22(30-19)23(26,27)28)15-6-4-14(5-7-15)29-21(32)17-10-13(24)3-8-18(17)25/h3-12,20H,1-2H3,(H,29,32). The van der Waals surface area contributed by atoms with Gasteiger partial charge in [0.2, 0.25) is 5.84 Å². The Bertz CT molecular complexity index is 1190. The quantitative estimate of drug-likeness (QED) is 0.616. The minimum atomic E-state index is -4.70. The Morgan fingerprint density at radius 3 is 2.45 bits per heavy atom. The van der Waals surface area contributed by atoms with Gasteiger partial charge in [0.1, 0.15) is 17.4 Å². The summed E-state index contributed by atoms with van der Waals surface area (Å²) in [5, 5.41) is 2.41. The SMILES string of the molecule is COC1=CC(C)C2C(=C1)N=C(C(F)(F)F)N2c1ccc(NC(=O)c2cc(F)ccc2F)cc1. The Kier molecular flexibility index (Phi) is 5.69. The van der Waals surface area contributed by atoms with Crippen LogP contribution in [0.5, 0.6) is 0 Å². The molecule has 0 bridgehead atoms. The summed E-state index contributed by atoms with van der Waals surface area (Å²) in [6.07, 6.45) is -1.51. The van der Waals surface area contributed by atoms with Crippen LogP contribution in [-0.2, 0) is 4.74 Å². The van der Waals surface area contributed by atoms with Gasteiger partial charge in [0.05, 0.1) is 24.4 Å². The van der Waals surface area contributed by atoms with Gasteiger partial charge < -0.3 is 15.0 Å². The third-order valence-electron chi connectivity index (χ3n) is 5.33. The number of amides is 1. The first kappa shape index (κ1) is 22.5. The topological polar surface area (TPSA) is 53.9 Å². The molecule has 1 heterocycles. The van der Waals surface area contributed by atoms with Crippen LogP contribution in [-0.4, -0.2) is 31.1 Å². The second kappa shape index (κ2) is 8.34. The molecule has 1 amide bonds. The van der Waals surface area contributed by atoms with Gasteiger partial charge in [-0.2, -0.15) is 13.2 Å². The first-order valence-corrected chi connectivity index (χ1v) is 9.87. The maximum Gasteiger partial charge on any atom is 0.449 e. The van der Waals surface area contributed by atoms with E-state index in [1.165, 1.54) is 37.5 Å². The van der Waals surface area contributed by atoms with Crippen molar-refractivity contribution < 1.29 is 31.5 Å². The van der Waals surface area contributed by atoms with Gasteiger partial charge in [-0.05, 0) is 48.5 Å². The van der Waals surface area contributed by atoms with Crippen molar-refractivity contribution in [1.29, 1.82) is 0 Å². The normalized spacial score (nSPS) is 20.0. The summed E-state index contributed by atoms with van der Waals surface area (Å²) < 4.78 is 73.7. The number of methoxy groups -OCH3 is 1. The van der Waals surface area contributed by atoms with Gasteiger partial charge in [-0.1, -0.05) is 6.92 Å². The number of hydrogen-bond acceptors (Lipinski definition) is 4. The highest BCUT2D eigenvalue weighted by atomic mass is 19.4. The van der Waals surface area contributed by atoms with Crippen LogP contribution in [0, 0.1) is 17.6 Å². The highest BCUT2D eigenvalue weighted by Crippen LogP contribution is 2.40. The number of benzene rings is 2. The Labute approximate surface area is 185 Å². The Morgan fingerprint density at radius 2 is 1.82 bits per heavy atom. The third-order valence-corrected chi connectivity index (χ3v) is 5.33. The van der Waals surface area contributed by atoms with Crippen LogP contribution in [0.1, 0.15) is 17.3 Å². The van der Waals surface area contributed by atoms with Crippen LogP contribution in [0.2, 0.25) is 0 Å². The van der Waals surface area contributed by atoms with Crippen LogP contribution < -0.4 is 10.2 Å². The van der Waals surface area contributed by atoms with E-state index in [0.717, 1.165) is 23.1 Å². The molecule has 0 saturated heterocycles. The number of alkyl halides is 3. The van der Waals surface area contributed by atoms with Gasteiger partial charge in [0, 0.05) is 23.4 Å². The zero-order valence-corrected chi connectivity index (χ0v) is 17.5. The fourth-order valence-electron chi connectivity index (χ4n) is 3.86. The molecule has 0 spiro atoms. The lowest BCUT2D eigenvalue weighted by atomic mass is 9.92. The highest BCUT2D eigenvalue weighted by molar-refractivity contribution is 6.07. The van der Waals surface area contributed by atoms with Gasteiger partial charge in [-0.15, -0.1) is 0 Å². The first-order chi connectivity index (χ1) is 15.6. The van der Waals surface area contributed by atoms with Gasteiger partial charge in [-0.3, -0.25) is 4.79 Å². The molecule has 1 aliphatic heterocycles. The molecule has 2 atom stereocenters. The molecule has 1 N–H and O–H groups in total. The average Bonchev–Trinajstić information content (AvgIpc) is 3.16. The van der Waals surface area contributed by atoms with Crippen LogP contribution >= 0.6 is 0 Å². The van der Waals surface area contributed by atoms with Crippen LogP contribution in [0.4, 0.5) is 33.3 Å². The fourth-order valence-corrected chi connectivity index (χ4v) is 3.86. The van der Waals surface area contributed by atoms with E-state index in [1.807, 2.05) is 0 Å². The molecule has 5 nitrogen and oxygen atoms in total. The van der Waals surface area contributed by atoms with Crippen molar-refractivity contribution in [3.63, 3.8) is 0 Å². The lowest BCUT2D eigenvalue weighted by Gasteiger charge is -2.33. The molecule has 172 valence electrons. The van der Waals surface area contributed by atoms with Crippen molar-refractivity contribution in [1.82, 2.24) is 0 Å². The van der Waals surface area contributed by atoms with Gasteiger partial charge in [0.25, 0.3) is 5.91 Å². The third kappa shape index (κ3) is 4.33. The number of amidine groups is 1. The number of ether oxygens (including phenoxy) is 1. The number of carbonyl (C=O) groups is 1. The lowest BCUT2D eigenvalue weighted by molar-refractivity contribution is -0.0598. The number of anilines is 2. The number of allylic oxidation sites excluding steroid dienone is 1. The molecule has 0 radical (unpaired) electrons. The van der Waals surface area contributed by atoms with Crippen molar-refractivity contribution >= 4 is 23.1 Å². The molecule has 2 aliphatic rings. The molecule has 2 unspecified atom stereocenters. The molecule has 4 rings (SSSR count). The molecule has 2 aromatic carbocycles. The number of halogens is 5. The van der Waals surface area contributed by atoms with Crippen LogP contribution in [0.3, 0.4) is 0 Å². The number of fused-ring (bicyclic) bond motifs is 1. The zero-order valence-electron chi connectivity index (χ0n) is 17.5. The summed E-state index contributed by atoms with van der Waals surface area (Å²) >= 11 is 0. The molecule has 1 aliphatic carbocycles. The van der Waals surface area contributed by atoms with E-state index in [2.05, 4.69) is 10.3 Å². The monoisotopic (exact) mass is 463 g/mol. The van der Waals surface area contributed by atoms with Crippen molar-refractivity contribution in [2.75, 3.05) is 17.3 Å². The summed E-state index contributed by atoms with van der Waals surface area (Å²) in [5.41, 5.74) is 0.145. The molecule has 10 heteroatoms. The van der Waals surface area contributed by atoms with Crippen molar-refractivity contribution in [3.8, 4) is 0 Å². The van der Waals surface area contributed by atoms with Crippen LogP contribution in [0.15, 0.2) is 71.1 Å². The summed E-state index contributed by atoms with van der Waals surface area (Å²) in [4.78, 5) is 17.2. The van der Waals surface area contributed by atoms with E-state index in [9.17, 15) is 26.7 Å².